The predicted molar refractivity (Wildman–Crippen MR) is 113 cm³/mol. The van der Waals surface area contributed by atoms with Gasteiger partial charge in [-0.25, -0.2) is 4.39 Å². The number of nitrogens with one attached hydrogen (secondary N) is 1. The van der Waals surface area contributed by atoms with Crippen LogP contribution in [0.15, 0.2) is 65.8 Å². The van der Waals surface area contributed by atoms with Gasteiger partial charge in [0, 0.05) is 11.6 Å². The summed E-state index contributed by atoms with van der Waals surface area (Å²) in [6.07, 6.45) is 1.41. The van der Waals surface area contributed by atoms with Crippen LogP contribution in [-0.2, 0) is 6.61 Å². The van der Waals surface area contributed by atoms with Crippen LogP contribution in [0.2, 0.25) is 0 Å². The maximum Gasteiger partial charge on any atom is 0.315 e. The molecule has 3 aromatic carbocycles. The van der Waals surface area contributed by atoms with Crippen molar-refractivity contribution in [1.82, 2.24) is 0 Å². The molecule has 0 saturated carbocycles. The van der Waals surface area contributed by atoms with E-state index >= 15 is 0 Å². The highest BCUT2D eigenvalue weighted by atomic mass is 19.1. The third kappa shape index (κ3) is 5.11. The number of rotatable bonds is 8. The molecule has 0 aliphatic carbocycles. The van der Waals surface area contributed by atoms with Gasteiger partial charge < -0.3 is 9.47 Å². The molecule has 0 unspecified atom stereocenters. The lowest BCUT2D eigenvalue weighted by atomic mass is 10.1. The maximum absolute atomic E-state index is 13.0. The lowest BCUT2D eigenvalue weighted by molar-refractivity contribution is -0.386. The van der Waals surface area contributed by atoms with Crippen LogP contribution in [0.1, 0.15) is 16.7 Å². The number of hydrogen-bond donors (Lipinski definition) is 1. The number of nitro groups is 1. The van der Waals surface area contributed by atoms with E-state index in [-0.39, 0.29) is 29.6 Å². The van der Waals surface area contributed by atoms with Crippen molar-refractivity contribution in [3.8, 4) is 11.5 Å². The molecule has 0 fully saturated rings. The fourth-order valence-corrected chi connectivity index (χ4v) is 2.74. The molecule has 3 rings (SSSR count). The zero-order valence-electron chi connectivity index (χ0n) is 16.5. The van der Waals surface area contributed by atoms with Crippen molar-refractivity contribution < 1.29 is 18.8 Å². The second kappa shape index (κ2) is 9.51. The van der Waals surface area contributed by atoms with E-state index in [4.69, 9.17) is 9.47 Å². The third-order valence-corrected chi connectivity index (χ3v) is 4.36. The minimum atomic E-state index is -0.527. The molecule has 154 valence electrons. The van der Waals surface area contributed by atoms with Gasteiger partial charge >= 0.3 is 5.69 Å². The molecule has 0 aromatic heterocycles. The van der Waals surface area contributed by atoms with E-state index in [1.807, 2.05) is 31.2 Å². The molecule has 0 spiro atoms. The minimum absolute atomic E-state index is 0.0504. The monoisotopic (exact) mass is 409 g/mol. The Labute approximate surface area is 172 Å². The summed E-state index contributed by atoms with van der Waals surface area (Å²) in [6, 6.07) is 16.2. The molecule has 0 amide bonds. The molecular weight excluding hydrogens is 389 g/mol. The molecule has 0 saturated heterocycles. The Balaban J connectivity index is 1.83. The molecule has 0 heterocycles. The molecule has 8 heteroatoms. The van der Waals surface area contributed by atoms with Crippen LogP contribution in [0.25, 0.3) is 0 Å². The number of halogens is 1. The number of anilines is 1. The van der Waals surface area contributed by atoms with Crippen molar-refractivity contribution in [2.24, 2.45) is 5.10 Å². The molecule has 7 nitrogen and oxygen atoms in total. The highest BCUT2D eigenvalue weighted by Crippen LogP contribution is 2.38. The summed E-state index contributed by atoms with van der Waals surface area (Å²) in [7, 11) is 1.41. The first kappa shape index (κ1) is 20.8. The van der Waals surface area contributed by atoms with Gasteiger partial charge in [-0.1, -0.05) is 24.3 Å². The molecule has 0 radical (unpaired) electrons. The summed E-state index contributed by atoms with van der Waals surface area (Å²) < 4.78 is 24.0. The number of hydrogen-bond acceptors (Lipinski definition) is 6. The average molecular weight is 409 g/mol. The van der Waals surface area contributed by atoms with Gasteiger partial charge in [0.2, 0.25) is 5.75 Å². The van der Waals surface area contributed by atoms with Crippen LogP contribution in [0.3, 0.4) is 0 Å². The van der Waals surface area contributed by atoms with Gasteiger partial charge in [-0.3, -0.25) is 15.5 Å². The first-order valence-corrected chi connectivity index (χ1v) is 9.06. The average Bonchev–Trinajstić information content (AvgIpc) is 2.74. The maximum atomic E-state index is 13.0. The van der Waals surface area contributed by atoms with Crippen LogP contribution in [0, 0.1) is 22.9 Å². The van der Waals surface area contributed by atoms with E-state index in [0.717, 1.165) is 11.1 Å². The molecule has 30 heavy (non-hydrogen) atoms. The summed E-state index contributed by atoms with van der Waals surface area (Å²) in [6.45, 7) is 2.11. The number of ether oxygens (including phenoxy) is 2. The lowest BCUT2D eigenvalue weighted by Gasteiger charge is -2.13. The summed E-state index contributed by atoms with van der Waals surface area (Å²) in [5.74, 6) is -0.0819. The first-order chi connectivity index (χ1) is 14.5. The highest BCUT2D eigenvalue weighted by Gasteiger charge is 2.22. The van der Waals surface area contributed by atoms with Crippen LogP contribution in [-0.4, -0.2) is 18.2 Å². The topological polar surface area (TPSA) is 86.0 Å². The molecule has 0 aliphatic rings. The summed E-state index contributed by atoms with van der Waals surface area (Å²) in [5.41, 5.74) is 5.46. The van der Waals surface area contributed by atoms with Crippen molar-refractivity contribution in [2.45, 2.75) is 13.5 Å². The normalized spacial score (nSPS) is 10.8. The fourth-order valence-electron chi connectivity index (χ4n) is 2.74. The minimum Gasteiger partial charge on any atom is -0.493 e. The predicted octanol–water partition coefficient (Wildman–Crippen LogP) is 5.08. The Morgan fingerprint density at radius 1 is 1.17 bits per heavy atom. The van der Waals surface area contributed by atoms with E-state index < -0.39 is 4.92 Å². The first-order valence-electron chi connectivity index (χ1n) is 9.06. The second-order valence-electron chi connectivity index (χ2n) is 6.42. The van der Waals surface area contributed by atoms with Gasteiger partial charge in [-0.05, 0) is 48.4 Å². The fraction of sp³-hybridized carbons (Fsp3) is 0.136. The van der Waals surface area contributed by atoms with Gasteiger partial charge in [0.15, 0.2) is 5.75 Å². The largest absolute Gasteiger partial charge is 0.493 e. The smallest absolute Gasteiger partial charge is 0.315 e. The van der Waals surface area contributed by atoms with Crippen molar-refractivity contribution in [2.75, 3.05) is 12.5 Å². The van der Waals surface area contributed by atoms with E-state index in [2.05, 4.69) is 10.5 Å². The number of nitro benzene ring substituents is 1. The van der Waals surface area contributed by atoms with Crippen molar-refractivity contribution in [3.63, 3.8) is 0 Å². The quantitative estimate of drug-likeness (QED) is 0.319. The van der Waals surface area contributed by atoms with Gasteiger partial charge in [-0.15, -0.1) is 0 Å². The van der Waals surface area contributed by atoms with E-state index in [0.29, 0.717) is 11.3 Å². The lowest BCUT2D eigenvalue weighted by Crippen LogP contribution is -2.04. The van der Waals surface area contributed by atoms with Crippen molar-refractivity contribution in [3.05, 3.63) is 93.3 Å². The van der Waals surface area contributed by atoms with E-state index in [1.165, 1.54) is 43.7 Å². The Morgan fingerprint density at radius 2 is 1.90 bits per heavy atom. The Morgan fingerprint density at radius 3 is 2.57 bits per heavy atom. The molecule has 0 bridgehead atoms. The molecular formula is C22H20FN3O4. The van der Waals surface area contributed by atoms with Crippen LogP contribution < -0.4 is 14.9 Å². The van der Waals surface area contributed by atoms with Crippen LogP contribution in [0.4, 0.5) is 15.8 Å². The third-order valence-electron chi connectivity index (χ3n) is 4.36. The SMILES string of the molecule is COc1cc(/C=N/Nc2ccc(F)cc2)cc([N+](=O)[O-])c1OCc1ccccc1C. The number of methoxy groups -OCH3 is 1. The number of hydrazone groups is 1. The molecule has 0 aliphatic heterocycles. The Hall–Kier alpha value is -3.94. The van der Waals surface area contributed by atoms with Crippen molar-refractivity contribution >= 4 is 17.6 Å². The van der Waals surface area contributed by atoms with E-state index in [1.54, 1.807) is 6.07 Å². The zero-order valence-corrected chi connectivity index (χ0v) is 16.5. The van der Waals surface area contributed by atoms with Gasteiger partial charge in [0.25, 0.3) is 0 Å². The summed E-state index contributed by atoms with van der Waals surface area (Å²) in [4.78, 5) is 11.1. The Kier molecular flexibility index (Phi) is 6.59. The highest BCUT2D eigenvalue weighted by molar-refractivity contribution is 5.83. The number of nitrogens with zero attached hydrogens (tertiary/aromatic N) is 2. The number of benzene rings is 3. The molecule has 0 atom stereocenters. The van der Waals surface area contributed by atoms with Gasteiger partial charge in [-0.2, -0.15) is 5.10 Å². The zero-order chi connectivity index (χ0) is 21.5. The van der Waals surface area contributed by atoms with E-state index in [9.17, 15) is 14.5 Å². The Bertz CT molecular complexity index is 1070. The van der Waals surface area contributed by atoms with Crippen LogP contribution in [0.5, 0.6) is 11.5 Å². The van der Waals surface area contributed by atoms with Gasteiger partial charge in [0.05, 0.1) is 23.9 Å². The number of aryl methyl sites for hydroxylation is 1. The molecule has 3 aromatic rings. The summed E-state index contributed by atoms with van der Waals surface area (Å²) >= 11 is 0. The second-order valence-corrected chi connectivity index (χ2v) is 6.42. The van der Waals surface area contributed by atoms with Crippen molar-refractivity contribution in [1.29, 1.82) is 0 Å². The van der Waals surface area contributed by atoms with Gasteiger partial charge in [0.1, 0.15) is 12.4 Å². The van der Waals surface area contributed by atoms with Crippen LogP contribution >= 0.6 is 0 Å². The molecule has 1 N–H and O–H groups in total. The summed E-state index contributed by atoms with van der Waals surface area (Å²) in [5, 5.41) is 15.7. The standard InChI is InChI=1S/C22H20FN3O4/c1-15-5-3-4-6-17(15)14-30-22-20(26(27)28)11-16(12-21(22)29-2)13-24-25-19-9-7-18(23)8-10-19/h3-13,25H,14H2,1-2H3/b24-13+.